The third kappa shape index (κ3) is 4.91. The van der Waals surface area contributed by atoms with Crippen molar-refractivity contribution in [2.24, 2.45) is 5.73 Å². The standard InChI is InChI=1S/C28H19ClN2O4S/c29-19-7-3-17(4-8-19)16-33-20-9-5-18(6-10-20)26-22-12-11-21(34-28(32)25-2-1-13-36-25)14-24(22)35-27(31)23(26)15-30/h1-14,26H,16,31H2. The Morgan fingerprint density at radius 1 is 1.06 bits per heavy atom. The van der Waals surface area contributed by atoms with Crippen molar-refractivity contribution in [3.05, 3.63) is 122 Å². The molecular weight excluding hydrogens is 496 g/mol. The number of hydrogen-bond donors (Lipinski definition) is 1. The Bertz CT molecular complexity index is 1470. The fourth-order valence-corrected chi connectivity index (χ4v) is 4.62. The molecule has 0 saturated heterocycles. The molecule has 2 N–H and O–H groups in total. The van der Waals surface area contributed by atoms with Crippen LogP contribution >= 0.6 is 22.9 Å². The Morgan fingerprint density at radius 2 is 1.81 bits per heavy atom. The van der Waals surface area contributed by atoms with Gasteiger partial charge in [0.2, 0.25) is 5.88 Å². The number of fused-ring (bicyclic) bond motifs is 1. The molecule has 1 aliphatic rings. The van der Waals surface area contributed by atoms with Crippen LogP contribution in [0.4, 0.5) is 0 Å². The van der Waals surface area contributed by atoms with Crippen molar-refractivity contribution in [1.82, 2.24) is 0 Å². The molecule has 0 spiro atoms. The molecule has 6 nitrogen and oxygen atoms in total. The number of hydrogen-bond acceptors (Lipinski definition) is 7. The summed E-state index contributed by atoms with van der Waals surface area (Å²) in [7, 11) is 0. The van der Waals surface area contributed by atoms with Crippen LogP contribution in [0.15, 0.2) is 95.7 Å². The van der Waals surface area contributed by atoms with Crippen molar-refractivity contribution in [2.75, 3.05) is 0 Å². The summed E-state index contributed by atoms with van der Waals surface area (Å²) in [4.78, 5) is 12.8. The van der Waals surface area contributed by atoms with E-state index in [1.54, 1.807) is 35.7 Å². The van der Waals surface area contributed by atoms with Gasteiger partial charge in [-0.2, -0.15) is 5.26 Å². The highest BCUT2D eigenvalue weighted by Crippen LogP contribution is 2.43. The van der Waals surface area contributed by atoms with Crippen LogP contribution < -0.4 is 19.9 Å². The first-order valence-electron chi connectivity index (χ1n) is 11.0. The molecule has 0 saturated carbocycles. The highest BCUT2D eigenvalue weighted by molar-refractivity contribution is 7.12. The third-order valence-electron chi connectivity index (χ3n) is 5.66. The highest BCUT2D eigenvalue weighted by Gasteiger charge is 2.31. The lowest BCUT2D eigenvalue weighted by molar-refractivity contribution is 0.0739. The Hall–Kier alpha value is -4.25. The first-order valence-corrected chi connectivity index (χ1v) is 12.2. The molecule has 36 heavy (non-hydrogen) atoms. The number of rotatable bonds is 6. The summed E-state index contributed by atoms with van der Waals surface area (Å²) >= 11 is 7.23. The Balaban J connectivity index is 1.38. The Morgan fingerprint density at radius 3 is 2.50 bits per heavy atom. The molecule has 1 aromatic heterocycles. The van der Waals surface area contributed by atoms with Crippen LogP contribution in [0, 0.1) is 11.3 Å². The van der Waals surface area contributed by atoms with Gasteiger partial charge in [-0.15, -0.1) is 11.3 Å². The van der Waals surface area contributed by atoms with Crippen molar-refractivity contribution in [2.45, 2.75) is 12.5 Å². The maximum absolute atomic E-state index is 12.3. The third-order valence-corrected chi connectivity index (χ3v) is 6.76. The monoisotopic (exact) mass is 514 g/mol. The van der Waals surface area contributed by atoms with Crippen LogP contribution in [0.5, 0.6) is 17.2 Å². The number of halogens is 1. The van der Waals surface area contributed by atoms with Gasteiger partial charge in [-0.3, -0.25) is 0 Å². The average molecular weight is 515 g/mol. The van der Waals surface area contributed by atoms with E-state index in [9.17, 15) is 10.1 Å². The summed E-state index contributed by atoms with van der Waals surface area (Å²) in [6, 6.07) is 25.7. The number of nitrogens with zero attached hydrogens (tertiary/aromatic N) is 1. The number of allylic oxidation sites excluding steroid dienone is 1. The molecule has 1 aliphatic heterocycles. The predicted octanol–water partition coefficient (Wildman–Crippen LogP) is 6.42. The number of carbonyl (C=O) groups excluding carboxylic acids is 1. The van der Waals surface area contributed by atoms with Gasteiger partial charge in [0.25, 0.3) is 0 Å². The first-order chi connectivity index (χ1) is 17.5. The normalized spacial score (nSPS) is 14.4. The topological polar surface area (TPSA) is 94.6 Å². The summed E-state index contributed by atoms with van der Waals surface area (Å²) in [5, 5.41) is 12.3. The molecule has 178 valence electrons. The van der Waals surface area contributed by atoms with Gasteiger partial charge in [-0.05, 0) is 52.9 Å². The highest BCUT2D eigenvalue weighted by atomic mass is 35.5. The van der Waals surface area contributed by atoms with Gasteiger partial charge in [-0.25, -0.2) is 4.79 Å². The first kappa shape index (κ1) is 23.5. The summed E-state index contributed by atoms with van der Waals surface area (Å²) in [6.07, 6.45) is 0. The molecule has 0 fully saturated rings. The minimum Gasteiger partial charge on any atom is -0.489 e. The number of carbonyl (C=O) groups is 1. The van der Waals surface area contributed by atoms with E-state index in [0.29, 0.717) is 39.3 Å². The fourth-order valence-electron chi connectivity index (χ4n) is 3.90. The van der Waals surface area contributed by atoms with Gasteiger partial charge in [0, 0.05) is 16.7 Å². The van der Waals surface area contributed by atoms with Crippen molar-refractivity contribution >= 4 is 28.9 Å². The number of nitrogens with two attached hydrogens (primary N) is 1. The van der Waals surface area contributed by atoms with Gasteiger partial charge in [0.15, 0.2) is 0 Å². The van der Waals surface area contributed by atoms with Gasteiger partial charge in [0.05, 0.1) is 5.92 Å². The lowest BCUT2D eigenvalue weighted by Crippen LogP contribution is -2.21. The number of thiophene rings is 1. The maximum atomic E-state index is 12.3. The second-order valence-electron chi connectivity index (χ2n) is 7.98. The van der Waals surface area contributed by atoms with E-state index in [-0.39, 0.29) is 5.88 Å². The van der Waals surface area contributed by atoms with Crippen molar-refractivity contribution in [1.29, 1.82) is 5.26 Å². The van der Waals surface area contributed by atoms with Crippen molar-refractivity contribution in [3.63, 3.8) is 0 Å². The largest absolute Gasteiger partial charge is 0.489 e. The lowest BCUT2D eigenvalue weighted by atomic mass is 9.83. The second kappa shape index (κ2) is 10.2. The zero-order chi connectivity index (χ0) is 25.1. The predicted molar refractivity (Wildman–Crippen MR) is 137 cm³/mol. The summed E-state index contributed by atoms with van der Waals surface area (Å²) in [5.41, 5.74) is 9.00. The van der Waals surface area contributed by atoms with Crippen LogP contribution in [-0.2, 0) is 6.61 Å². The molecule has 1 unspecified atom stereocenters. The molecule has 0 amide bonds. The van der Waals surface area contributed by atoms with Gasteiger partial charge >= 0.3 is 5.97 Å². The van der Waals surface area contributed by atoms with Crippen LogP contribution in [0.25, 0.3) is 0 Å². The SMILES string of the molecule is N#CC1=C(N)Oc2cc(OC(=O)c3cccs3)ccc2C1c1ccc(OCc2ccc(Cl)cc2)cc1. The summed E-state index contributed by atoms with van der Waals surface area (Å²) in [6.45, 7) is 0.403. The number of benzene rings is 3. The number of ether oxygens (including phenoxy) is 3. The maximum Gasteiger partial charge on any atom is 0.353 e. The molecule has 0 radical (unpaired) electrons. The number of esters is 1. The van der Waals surface area contributed by atoms with Crippen molar-refractivity contribution in [3.8, 4) is 23.3 Å². The van der Waals surface area contributed by atoms with Crippen LogP contribution in [-0.4, -0.2) is 5.97 Å². The van der Waals surface area contributed by atoms with Gasteiger partial charge in [-0.1, -0.05) is 48.0 Å². The van der Waals surface area contributed by atoms with Gasteiger partial charge in [0.1, 0.15) is 40.4 Å². The van der Waals surface area contributed by atoms with E-state index < -0.39 is 11.9 Å². The summed E-state index contributed by atoms with van der Waals surface area (Å²) < 4.78 is 17.1. The molecule has 5 rings (SSSR count). The van der Waals surface area contributed by atoms with Crippen molar-refractivity contribution < 1.29 is 19.0 Å². The number of nitriles is 1. The molecule has 4 aromatic rings. The Kier molecular flexibility index (Phi) is 6.63. The molecule has 1 atom stereocenters. The average Bonchev–Trinajstić information content (AvgIpc) is 3.43. The van der Waals surface area contributed by atoms with Crippen LogP contribution in [0.3, 0.4) is 0 Å². The molecule has 8 heteroatoms. The summed E-state index contributed by atoms with van der Waals surface area (Å²) in [5.74, 6) is 0.562. The zero-order valence-corrected chi connectivity index (χ0v) is 20.4. The molecule has 2 heterocycles. The quantitative estimate of drug-likeness (QED) is 0.236. The van der Waals surface area contributed by atoms with E-state index in [1.165, 1.54) is 11.3 Å². The Labute approximate surface area is 216 Å². The van der Waals surface area contributed by atoms with E-state index in [1.807, 2.05) is 48.5 Å². The second-order valence-corrected chi connectivity index (χ2v) is 9.36. The van der Waals surface area contributed by atoms with E-state index >= 15 is 0 Å². The minimum absolute atomic E-state index is 0.0137. The zero-order valence-electron chi connectivity index (χ0n) is 18.8. The van der Waals surface area contributed by atoms with Crippen LogP contribution in [0.2, 0.25) is 5.02 Å². The molecule has 0 aliphatic carbocycles. The molecular formula is C28H19ClN2O4S. The minimum atomic E-state index is -0.451. The fraction of sp³-hybridized carbons (Fsp3) is 0.0714. The molecule has 0 bridgehead atoms. The van der Waals surface area contributed by atoms with Crippen LogP contribution in [0.1, 0.15) is 32.3 Å². The van der Waals surface area contributed by atoms with E-state index in [0.717, 1.165) is 16.7 Å². The molecule has 3 aromatic carbocycles. The van der Waals surface area contributed by atoms with Gasteiger partial charge < -0.3 is 19.9 Å². The smallest absolute Gasteiger partial charge is 0.353 e. The van der Waals surface area contributed by atoms with E-state index in [4.69, 9.17) is 31.5 Å². The lowest BCUT2D eigenvalue weighted by Gasteiger charge is -2.26. The van der Waals surface area contributed by atoms with E-state index in [2.05, 4.69) is 6.07 Å².